The zero-order valence-electron chi connectivity index (χ0n) is 12.6. The predicted molar refractivity (Wildman–Crippen MR) is 77.7 cm³/mol. The highest BCUT2D eigenvalue weighted by Crippen LogP contribution is 2.31. The molecule has 0 amide bonds. The third kappa shape index (κ3) is 4.83. The molecule has 7 nitrogen and oxygen atoms in total. The number of rotatable bonds is 5. The zero-order chi connectivity index (χ0) is 18.6. The SMILES string of the molecule is COc1ccc(OC(=O)c2ccc(OC(F)(F)F)cc2)c([N+](=O)[O-])c1. The molecule has 0 saturated heterocycles. The van der Waals surface area contributed by atoms with Crippen LogP contribution in [0.1, 0.15) is 10.4 Å². The summed E-state index contributed by atoms with van der Waals surface area (Å²) >= 11 is 0. The molecular weight excluding hydrogens is 347 g/mol. The maximum atomic E-state index is 12.1. The van der Waals surface area contributed by atoms with Crippen LogP contribution in [0.15, 0.2) is 42.5 Å². The number of nitro groups is 1. The fraction of sp³-hybridized carbons (Fsp3) is 0.133. The second-order valence-electron chi connectivity index (χ2n) is 4.55. The van der Waals surface area contributed by atoms with Gasteiger partial charge in [0.05, 0.1) is 23.7 Å². The molecule has 0 aliphatic heterocycles. The Morgan fingerprint density at radius 2 is 1.68 bits per heavy atom. The predicted octanol–water partition coefficient (Wildman–Crippen LogP) is 3.72. The number of ether oxygens (including phenoxy) is 3. The second kappa shape index (κ2) is 7.07. The molecule has 0 bridgehead atoms. The largest absolute Gasteiger partial charge is 0.573 e. The Morgan fingerprint density at radius 3 is 2.20 bits per heavy atom. The summed E-state index contributed by atoms with van der Waals surface area (Å²) < 4.78 is 49.7. The van der Waals surface area contributed by atoms with E-state index in [9.17, 15) is 28.1 Å². The van der Waals surface area contributed by atoms with Gasteiger partial charge in [-0.1, -0.05) is 0 Å². The highest BCUT2D eigenvalue weighted by molar-refractivity contribution is 5.91. The maximum absolute atomic E-state index is 12.1. The van der Waals surface area contributed by atoms with Crippen molar-refractivity contribution in [3.63, 3.8) is 0 Å². The summed E-state index contributed by atoms with van der Waals surface area (Å²) in [6.45, 7) is 0. The van der Waals surface area contributed by atoms with Crippen LogP contribution in [0.5, 0.6) is 17.2 Å². The van der Waals surface area contributed by atoms with E-state index in [1.165, 1.54) is 19.2 Å². The molecule has 25 heavy (non-hydrogen) atoms. The number of alkyl halides is 3. The fourth-order valence-electron chi connectivity index (χ4n) is 1.80. The molecule has 0 aliphatic rings. The molecule has 0 fully saturated rings. The number of carbonyl (C=O) groups excluding carboxylic acids is 1. The number of hydrogen-bond donors (Lipinski definition) is 0. The molecule has 0 N–H and O–H groups in total. The van der Waals surface area contributed by atoms with Crippen LogP contribution >= 0.6 is 0 Å². The van der Waals surface area contributed by atoms with Crippen molar-refractivity contribution in [1.29, 1.82) is 0 Å². The third-order valence-electron chi connectivity index (χ3n) is 2.89. The lowest BCUT2D eigenvalue weighted by Crippen LogP contribution is -2.17. The van der Waals surface area contributed by atoms with Gasteiger partial charge in [-0.25, -0.2) is 4.79 Å². The first-order valence-electron chi connectivity index (χ1n) is 6.60. The zero-order valence-corrected chi connectivity index (χ0v) is 12.6. The van der Waals surface area contributed by atoms with Gasteiger partial charge in [0.15, 0.2) is 0 Å². The topological polar surface area (TPSA) is 87.9 Å². The van der Waals surface area contributed by atoms with Crippen molar-refractivity contribution in [3.05, 3.63) is 58.1 Å². The van der Waals surface area contributed by atoms with E-state index < -0.39 is 28.7 Å². The Balaban J connectivity index is 2.18. The van der Waals surface area contributed by atoms with Crippen molar-refractivity contribution in [2.45, 2.75) is 6.36 Å². The molecule has 0 atom stereocenters. The lowest BCUT2D eigenvalue weighted by atomic mass is 10.2. The van der Waals surface area contributed by atoms with Crippen LogP contribution in [-0.4, -0.2) is 24.4 Å². The first-order valence-corrected chi connectivity index (χ1v) is 6.60. The number of methoxy groups -OCH3 is 1. The standard InChI is InChI=1S/C15H10F3NO6/c1-23-11-6-7-13(12(8-11)19(21)22)24-14(20)9-2-4-10(5-3-9)25-15(16,17)18/h2-8H,1H3. The molecule has 0 heterocycles. The Bertz CT molecular complexity index is 789. The monoisotopic (exact) mass is 357 g/mol. The number of halogens is 3. The van der Waals surface area contributed by atoms with Gasteiger partial charge in [0, 0.05) is 0 Å². The normalized spacial score (nSPS) is 10.9. The highest BCUT2D eigenvalue weighted by atomic mass is 19.4. The molecule has 0 unspecified atom stereocenters. The molecule has 132 valence electrons. The van der Waals surface area contributed by atoms with Gasteiger partial charge < -0.3 is 14.2 Å². The average Bonchev–Trinajstić information content (AvgIpc) is 2.54. The first-order chi connectivity index (χ1) is 11.7. The minimum absolute atomic E-state index is 0.111. The second-order valence-corrected chi connectivity index (χ2v) is 4.55. The van der Waals surface area contributed by atoms with Crippen LogP contribution in [0.3, 0.4) is 0 Å². The molecule has 2 rings (SSSR count). The minimum Gasteiger partial charge on any atom is -0.496 e. The van der Waals surface area contributed by atoms with Gasteiger partial charge in [-0.15, -0.1) is 13.2 Å². The summed E-state index contributed by atoms with van der Waals surface area (Å²) in [5.41, 5.74) is -0.607. The van der Waals surface area contributed by atoms with Crippen LogP contribution in [0, 0.1) is 10.1 Å². The number of benzene rings is 2. The van der Waals surface area contributed by atoms with E-state index in [2.05, 4.69) is 4.74 Å². The van der Waals surface area contributed by atoms with Crippen LogP contribution in [-0.2, 0) is 0 Å². The number of carbonyl (C=O) groups is 1. The third-order valence-corrected chi connectivity index (χ3v) is 2.89. The summed E-state index contributed by atoms with van der Waals surface area (Å²) in [4.78, 5) is 22.3. The number of nitro benzene ring substituents is 1. The maximum Gasteiger partial charge on any atom is 0.573 e. The van der Waals surface area contributed by atoms with Gasteiger partial charge >= 0.3 is 18.0 Å². The Kier molecular flexibility index (Phi) is 5.11. The van der Waals surface area contributed by atoms with Crippen LogP contribution < -0.4 is 14.2 Å². The molecule has 2 aromatic rings. The van der Waals surface area contributed by atoms with Crippen LogP contribution in [0.4, 0.5) is 18.9 Å². The first kappa shape index (κ1) is 18.0. The smallest absolute Gasteiger partial charge is 0.496 e. The molecule has 10 heteroatoms. The summed E-state index contributed by atoms with van der Waals surface area (Å²) in [6.07, 6.45) is -4.86. The molecule has 0 spiro atoms. The minimum atomic E-state index is -4.86. The summed E-state index contributed by atoms with van der Waals surface area (Å²) in [5.74, 6) is -1.63. The fourth-order valence-corrected chi connectivity index (χ4v) is 1.80. The van der Waals surface area contributed by atoms with Crippen LogP contribution in [0.25, 0.3) is 0 Å². The van der Waals surface area contributed by atoms with Gasteiger partial charge in [0.2, 0.25) is 5.75 Å². The molecular formula is C15H10F3NO6. The Hall–Kier alpha value is -3.30. The molecule has 2 aromatic carbocycles. The van der Waals surface area contributed by atoms with Crippen molar-refractivity contribution in [2.75, 3.05) is 7.11 Å². The van der Waals surface area contributed by atoms with E-state index in [0.717, 1.165) is 30.3 Å². The van der Waals surface area contributed by atoms with Gasteiger partial charge in [0.1, 0.15) is 11.5 Å². The van der Waals surface area contributed by atoms with Crippen molar-refractivity contribution < 1.29 is 37.1 Å². The van der Waals surface area contributed by atoms with E-state index in [4.69, 9.17) is 9.47 Å². The van der Waals surface area contributed by atoms with Gasteiger partial charge in [-0.3, -0.25) is 10.1 Å². The quantitative estimate of drug-likeness (QED) is 0.351. The van der Waals surface area contributed by atoms with Crippen molar-refractivity contribution in [2.24, 2.45) is 0 Å². The van der Waals surface area contributed by atoms with E-state index in [1.54, 1.807) is 0 Å². The number of esters is 1. The van der Waals surface area contributed by atoms with Crippen LogP contribution in [0.2, 0.25) is 0 Å². The molecule has 0 saturated carbocycles. The van der Waals surface area contributed by atoms with E-state index in [1.807, 2.05) is 0 Å². The van der Waals surface area contributed by atoms with Crippen molar-refractivity contribution >= 4 is 11.7 Å². The summed E-state index contributed by atoms with van der Waals surface area (Å²) in [6, 6.07) is 7.53. The number of hydrogen-bond acceptors (Lipinski definition) is 6. The lowest BCUT2D eigenvalue weighted by Gasteiger charge is -2.09. The van der Waals surface area contributed by atoms with Gasteiger partial charge in [-0.2, -0.15) is 0 Å². The lowest BCUT2D eigenvalue weighted by molar-refractivity contribution is -0.385. The van der Waals surface area contributed by atoms with Crippen molar-refractivity contribution in [3.8, 4) is 17.2 Å². The van der Waals surface area contributed by atoms with Crippen molar-refractivity contribution in [1.82, 2.24) is 0 Å². The van der Waals surface area contributed by atoms with Gasteiger partial charge in [-0.05, 0) is 36.4 Å². The van der Waals surface area contributed by atoms with E-state index >= 15 is 0 Å². The summed E-state index contributed by atoms with van der Waals surface area (Å²) in [7, 11) is 1.31. The van der Waals surface area contributed by atoms with Gasteiger partial charge in [0.25, 0.3) is 0 Å². The molecule has 0 aliphatic carbocycles. The van der Waals surface area contributed by atoms with E-state index in [-0.39, 0.29) is 17.1 Å². The van der Waals surface area contributed by atoms with E-state index in [0.29, 0.717) is 0 Å². The highest BCUT2D eigenvalue weighted by Gasteiger charge is 2.31. The summed E-state index contributed by atoms with van der Waals surface area (Å²) in [5, 5.41) is 11.0. The molecule has 0 radical (unpaired) electrons. The average molecular weight is 357 g/mol. The number of nitrogens with zero attached hydrogens (tertiary/aromatic N) is 1. The Morgan fingerprint density at radius 1 is 1.08 bits per heavy atom. The Labute approximate surface area is 138 Å². The molecule has 0 aromatic heterocycles.